The minimum atomic E-state index is -0.0926. The lowest BCUT2D eigenvalue weighted by atomic mass is 9.94. The van der Waals surface area contributed by atoms with Crippen LogP contribution in [0.5, 0.6) is 0 Å². The predicted molar refractivity (Wildman–Crippen MR) is 56.1 cm³/mol. The molecule has 1 aliphatic carbocycles. The number of rotatable bonds is 6. The van der Waals surface area contributed by atoms with Crippen molar-refractivity contribution in [1.82, 2.24) is 5.32 Å². The molecule has 1 aliphatic rings. The molecular weight excluding hydrogens is 178 g/mol. The maximum atomic E-state index is 11.4. The summed E-state index contributed by atoms with van der Waals surface area (Å²) < 4.78 is 4.96. The van der Waals surface area contributed by atoms with Crippen molar-refractivity contribution in [2.24, 2.45) is 0 Å². The topological polar surface area (TPSA) is 38.3 Å². The highest BCUT2D eigenvalue weighted by Gasteiger charge is 2.33. The molecule has 1 atom stereocenters. The molecule has 0 aromatic rings. The Bertz CT molecular complexity index is 201. The van der Waals surface area contributed by atoms with E-state index in [1.165, 1.54) is 12.8 Å². The van der Waals surface area contributed by atoms with Crippen LogP contribution in [0.3, 0.4) is 0 Å². The Morgan fingerprint density at radius 2 is 2.14 bits per heavy atom. The number of carbonyl (C=O) groups is 1. The molecule has 0 unspecified atom stereocenters. The Morgan fingerprint density at radius 3 is 2.57 bits per heavy atom. The molecule has 0 aromatic heterocycles. The fourth-order valence-electron chi connectivity index (χ4n) is 1.53. The first-order valence-electron chi connectivity index (χ1n) is 5.53. The molecule has 14 heavy (non-hydrogen) atoms. The minimum absolute atomic E-state index is 0.0760. The Morgan fingerprint density at radius 1 is 1.50 bits per heavy atom. The molecule has 0 aromatic carbocycles. The lowest BCUT2D eigenvalue weighted by Crippen LogP contribution is -2.45. The molecule has 3 nitrogen and oxygen atoms in total. The van der Waals surface area contributed by atoms with Crippen LogP contribution in [0.2, 0.25) is 0 Å². The molecule has 1 N–H and O–H groups in total. The largest absolute Gasteiger partial charge is 0.466 e. The molecule has 0 bridgehead atoms. The summed E-state index contributed by atoms with van der Waals surface area (Å²) in [5.41, 5.74) is -0.0760. The van der Waals surface area contributed by atoms with E-state index in [2.05, 4.69) is 19.2 Å². The van der Waals surface area contributed by atoms with Gasteiger partial charge in [0.05, 0.1) is 13.0 Å². The van der Waals surface area contributed by atoms with E-state index in [9.17, 15) is 4.79 Å². The maximum absolute atomic E-state index is 11.4. The number of carbonyl (C=O) groups excluding carboxylic acids is 1. The van der Waals surface area contributed by atoms with Crippen molar-refractivity contribution in [3.63, 3.8) is 0 Å². The van der Waals surface area contributed by atoms with E-state index in [4.69, 9.17) is 4.74 Å². The molecule has 0 amide bonds. The van der Waals surface area contributed by atoms with Crippen LogP contribution in [-0.2, 0) is 9.53 Å². The van der Waals surface area contributed by atoms with Crippen LogP contribution in [-0.4, -0.2) is 24.2 Å². The van der Waals surface area contributed by atoms with Crippen LogP contribution in [0.4, 0.5) is 0 Å². The second-order valence-electron chi connectivity index (χ2n) is 4.31. The zero-order chi connectivity index (χ0) is 10.6. The molecule has 0 heterocycles. The molecule has 0 aliphatic heterocycles. The maximum Gasteiger partial charge on any atom is 0.307 e. The van der Waals surface area contributed by atoms with Crippen LogP contribution in [0, 0.1) is 0 Å². The van der Waals surface area contributed by atoms with Gasteiger partial charge in [0.15, 0.2) is 0 Å². The van der Waals surface area contributed by atoms with Gasteiger partial charge >= 0.3 is 5.97 Å². The van der Waals surface area contributed by atoms with Gasteiger partial charge in [0.1, 0.15) is 0 Å². The van der Waals surface area contributed by atoms with Crippen molar-refractivity contribution in [1.29, 1.82) is 0 Å². The average Bonchev–Trinajstić information content (AvgIpc) is 2.88. The van der Waals surface area contributed by atoms with Crippen LogP contribution in [0.15, 0.2) is 0 Å². The normalized spacial score (nSPS) is 20.2. The Hall–Kier alpha value is -0.570. The van der Waals surface area contributed by atoms with Gasteiger partial charge in [0, 0.05) is 11.6 Å². The summed E-state index contributed by atoms with van der Waals surface area (Å²) in [5, 5.41) is 3.51. The Kier molecular flexibility index (Phi) is 3.93. The molecule has 0 radical (unpaired) electrons. The summed E-state index contributed by atoms with van der Waals surface area (Å²) in [4.78, 5) is 11.4. The standard InChI is InChI=1S/C11H21NO2/c1-4-11(3,12-9-6-7-9)8-10(13)14-5-2/h9,12H,4-8H2,1-3H3/t11-/m1/s1. The first kappa shape index (κ1) is 11.5. The highest BCUT2D eigenvalue weighted by molar-refractivity contribution is 5.70. The summed E-state index contributed by atoms with van der Waals surface area (Å²) in [6.07, 6.45) is 3.94. The lowest BCUT2D eigenvalue weighted by Gasteiger charge is -2.28. The van der Waals surface area contributed by atoms with Gasteiger partial charge in [0.2, 0.25) is 0 Å². The van der Waals surface area contributed by atoms with Crippen molar-refractivity contribution >= 4 is 5.97 Å². The number of ether oxygens (including phenoxy) is 1. The van der Waals surface area contributed by atoms with Gasteiger partial charge in [-0.15, -0.1) is 0 Å². The molecular formula is C11H21NO2. The zero-order valence-electron chi connectivity index (χ0n) is 9.43. The van der Waals surface area contributed by atoms with Gasteiger partial charge < -0.3 is 10.1 Å². The van der Waals surface area contributed by atoms with E-state index in [1.54, 1.807) is 0 Å². The highest BCUT2D eigenvalue weighted by Crippen LogP contribution is 2.25. The van der Waals surface area contributed by atoms with E-state index in [1.807, 2.05) is 6.92 Å². The lowest BCUT2D eigenvalue weighted by molar-refractivity contribution is -0.144. The first-order valence-corrected chi connectivity index (χ1v) is 5.53. The van der Waals surface area contributed by atoms with Gasteiger partial charge in [-0.1, -0.05) is 6.92 Å². The van der Waals surface area contributed by atoms with Crippen molar-refractivity contribution in [2.45, 2.75) is 58.0 Å². The fourth-order valence-corrected chi connectivity index (χ4v) is 1.53. The minimum Gasteiger partial charge on any atom is -0.466 e. The monoisotopic (exact) mass is 199 g/mol. The number of nitrogens with one attached hydrogen (secondary N) is 1. The molecule has 0 saturated heterocycles. The van der Waals surface area contributed by atoms with Gasteiger partial charge in [-0.25, -0.2) is 0 Å². The van der Waals surface area contributed by atoms with Crippen molar-refractivity contribution in [3.8, 4) is 0 Å². The SMILES string of the molecule is CCOC(=O)C[C@@](C)(CC)NC1CC1. The molecule has 1 fully saturated rings. The van der Waals surface area contributed by atoms with Gasteiger partial charge in [-0.05, 0) is 33.1 Å². The Labute approximate surface area is 86.2 Å². The number of esters is 1. The zero-order valence-corrected chi connectivity index (χ0v) is 9.43. The molecule has 1 rings (SSSR count). The summed E-state index contributed by atoms with van der Waals surface area (Å²) in [7, 11) is 0. The van der Waals surface area contributed by atoms with Gasteiger partial charge in [-0.3, -0.25) is 4.79 Å². The van der Waals surface area contributed by atoms with Crippen molar-refractivity contribution < 1.29 is 9.53 Å². The highest BCUT2D eigenvalue weighted by atomic mass is 16.5. The molecule has 82 valence electrons. The quantitative estimate of drug-likeness (QED) is 0.664. The first-order chi connectivity index (χ1) is 6.59. The number of hydrogen-bond acceptors (Lipinski definition) is 3. The van der Waals surface area contributed by atoms with E-state index < -0.39 is 0 Å². The summed E-state index contributed by atoms with van der Waals surface area (Å²) in [5.74, 6) is -0.0926. The van der Waals surface area contributed by atoms with Crippen LogP contribution >= 0.6 is 0 Å². The average molecular weight is 199 g/mol. The van der Waals surface area contributed by atoms with Gasteiger partial charge in [-0.2, -0.15) is 0 Å². The smallest absolute Gasteiger partial charge is 0.307 e. The predicted octanol–water partition coefficient (Wildman–Crippen LogP) is 1.86. The van der Waals surface area contributed by atoms with Gasteiger partial charge in [0.25, 0.3) is 0 Å². The van der Waals surface area contributed by atoms with Crippen molar-refractivity contribution in [2.75, 3.05) is 6.61 Å². The summed E-state index contributed by atoms with van der Waals surface area (Å²) >= 11 is 0. The second-order valence-corrected chi connectivity index (χ2v) is 4.31. The second kappa shape index (κ2) is 4.78. The Balaban J connectivity index is 2.37. The van der Waals surface area contributed by atoms with Crippen LogP contribution < -0.4 is 5.32 Å². The molecule has 0 spiro atoms. The van der Waals surface area contributed by atoms with E-state index in [0.29, 0.717) is 19.1 Å². The van der Waals surface area contributed by atoms with Crippen LogP contribution in [0.25, 0.3) is 0 Å². The fraction of sp³-hybridized carbons (Fsp3) is 0.909. The van der Waals surface area contributed by atoms with E-state index in [0.717, 1.165) is 6.42 Å². The van der Waals surface area contributed by atoms with Crippen LogP contribution in [0.1, 0.15) is 46.5 Å². The third-order valence-corrected chi connectivity index (χ3v) is 2.75. The summed E-state index contributed by atoms with van der Waals surface area (Å²) in [6.45, 7) is 6.52. The molecule has 1 saturated carbocycles. The summed E-state index contributed by atoms with van der Waals surface area (Å²) in [6, 6.07) is 0.634. The van der Waals surface area contributed by atoms with E-state index in [-0.39, 0.29) is 11.5 Å². The molecule has 3 heteroatoms. The van der Waals surface area contributed by atoms with Crippen molar-refractivity contribution in [3.05, 3.63) is 0 Å². The third-order valence-electron chi connectivity index (χ3n) is 2.75. The number of hydrogen-bond donors (Lipinski definition) is 1. The van der Waals surface area contributed by atoms with E-state index >= 15 is 0 Å². The third kappa shape index (κ3) is 3.66.